The predicted molar refractivity (Wildman–Crippen MR) is 96.7 cm³/mol. The van der Waals surface area contributed by atoms with Crippen LogP contribution in [-0.2, 0) is 6.54 Å². The highest BCUT2D eigenvalue weighted by Crippen LogP contribution is 2.20. The average Bonchev–Trinajstić information content (AvgIpc) is 3.14. The van der Waals surface area contributed by atoms with Crippen molar-refractivity contribution in [1.82, 2.24) is 20.2 Å². The lowest BCUT2D eigenvalue weighted by molar-refractivity contribution is 0.0935. The molecular formula is C19H26N4O2. The predicted octanol–water partition coefficient (Wildman–Crippen LogP) is 2.37. The molecule has 0 saturated carbocycles. The van der Waals surface area contributed by atoms with Crippen molar-refractivity contribution < 1.29 is 9.53 Å². The van der Waals surface area contributed by atoms with Crippen LogP contribution in [0.4, 0.5) is 0 Å². The van der Waals surface area contributed by atoms with E-state index in [1.54, 1.807) is 13.3 Å². The first-order valence-electron chi connectivity index (χ1n) is 8.79. The van der Waals surface area contributed by atoms with Crippen LogP contribution in [0.5, 0.6) is 5.75 Å². The van der Waals surface area contributed by atoms with Gasteiger partial charge in [0, 0.05) is 24.5 Å². The van der Waals surface area contributed by atoms with E-state index < -0.39 is 0 Å². The van der Waals surface area contributed by atoms with E-state index in [4.69, 9.17) is 4.74 Å². The van der Waals surface area contributed by atoms with Gasteiger partial charge in [0.2, 0.25) is 0 Å². The molecule has 0 unspecified atom stereocenters. The molecule has 1 saturated heterocycles. The Hall–Kier alpha value is -2.34. The van der Waals surface area contributed by atoms with Crippen molar-refractivity contribution in [2.75, 3.05) is 26.7 Å². The van der Waals surface area contributed by atoms with Crippen LogP contribution in [0, 0.1) is 12.8 Å². The quantitative estimate of drug-likeness (QED) is 0.845. The van der Waals surface area contributed by atoms with Gasteiger partial charge in [-0.2, -0.15) is 0 Å². The van der Waals surface area contributed by atoms with Crippen LogP contribution >= 0.6 is 0 Å². The molecule has 2 aromatic rings. The molecule has 6 heteroatoms. The molecule has 2 heterocycles. The Balaban J connectivity index is 1.43. The Morgan fingerprint density at radius 2 is 2.20 bits per heavy atom. The number of aromatic amines is 1. The van der Waals surface area contributed by atoms with Crippen LogP contribution in [0.25, 0.3) is 0 Å². The van der Waals surface area contributed by atoms with E-state index in [1.165, 1.54) is 0 Å². The molecule has 1 aromatic carbocycles. The zero-order valence-electron chi connectivity index (χ0n) is 14.9. The summed E-state index contributed by atoms with van der Waals surface area (Å²) in [6, 6.07) is 5.53. The number of ether oxygens (including phenoxy) is 1. The Morgan fingerprint density at radius 1 is 1.40 bits per heavy atom. The van der Waals surface area contributed by atoms with Crippen LogP contribution < -0.4 is 10.1 Å². The maximum atomic E-state index is 12.3. The van der Waals surface area contributed by atoms with Crippen molar-refractivity contribution in [1.29, 1.82) is 0 Å². The zero-order valence-corrected chi connectivity index (χ0v) is 14.9. The monoisotopic (exact) mass is 342 g/mol. The van der Waals surface area contributed by atoms with Gasteiger partial charge in [0.05, 0.1) is 13.7 Å². The van der Waals surface area contributed by atoms with Crippen LogP contribution in [-0.4, -0.2) is 47.5 Å². The lowest BCUT2D eigenvalue weighted by Crippen LogP contribution is -2.38. The zero-order chi connectivity index (χ0) is 17.6. The number of aryl methyl sites for hydroxylation is 1. The molecule has 1 aromatic heterocycles. The minimum absolute atomic E-state index is 0.0104. The maximum absolute atomic E-state index is 12.3. The summed E-state index contributed by atoms with van der Waals surface area (Å²) in [5.41, 5.74) is 1.66. The Labute approximate surface area is 148 Å². The van der Waals surface area contributed by atoms with E-state index in [-0.39, 0.29) is 5.91 Å². The van der Waals surface area contributed by atoms with E-state index in [2.05, 4.69) is 20.2 Å². The largest absolute Gasteiger partial charge is 0.496 e. The highest BCUT2D eigenvalue weighted by Gasteiger charge is 2.20. The van der Waals surface area contributed by atoms with E-state index in [1.807, 2.05) is 31.3 Å². The number of hydrogen-bond acceptors (Lipinski definition) is 4. The third-order valence-corrected chi connectivity index (χ3v) is 4.84. The molecule has 0 radical (unpaired) electrons. The topological polar surface area (TPSA) is 70.2 Å². The van der Waals surface area contributed by atoms with Crippen LogP contribution in [0.15, 0.2) is 30.6 Å². The number of aromatic nitrogens is 2. The van der Waals surface area contributed by atoms with Gasteiger partial charge in [0.25, 0.3) is 5.91 Å². The maximum Gasteiger partial charge on any atom is 0.251 e. The smallest absolute Gasteiger partial charge is 0.251 e. The number of methoxy groups -OCH3 is 1. The minimum atomic E-state index is -0.0104. The number of nitrogens with zero attached hydrogens (tertiary/aromatic N) is 2. The molecule has 134 valence electrons. The first-order valence-corrected chi connectivity index (χ1v) is 8.79. The SMILES string of the molecule is COc1ccc(C(=O)NCC2CCN(Cc3ncc[nH]3)CC2)cc1C. The lowest BCUT2D eigenvalue weighted by atomic mass is 9.96. The van der Waals surface area contributed by atoms with Crippen molar-refractivity contribution in [3.63, 3.8) is 0 Å². The fourth-order valence-electron chi connectivity index (χ4n) is 3.30. The van der Waals surface area contributed by atoms with Crippen molar-refractivity contribution in [2.45, 2.75) is 26.3 Å². The lowest BCUT2D eigenvalue weighted by Gasteiger charge is -2.31. The Kier molecular flexibility index (Phi) is 5.71. The van der Waals surface area contributed by atoms with Crippen molar-refractivity contribution in [3.05, 3.63) is 47.5 Å². The van der Waals surface area contributed by atoms with Gasteiger partial charge in [-0.05, 0) is 62.5 Å². The van der Waals surface area contributed by atoms with Gasteiger partial charge < -0.3 is 15.0 Å². The van der Waals surface area contributed by atoms with Gasteiger partial charge in [-0.25, -0.2) is 4.98 Å². The average molecular weight is 342 g/mol. The molecule has 0 spiro atoms. The summed E-state index contributed by atoms with van der Waals surface area (Å²) in [6.07, 6.45) is 5.85. The van der Waals surface area contributed by atoms with Crippen LogP contribution in [0.3, 0.4) is 0 Å². The summed E-state index contributed by atoms with van der Waals surface area (Å²) in [4.78, 5) is 22.2. The normalized spacial score (nSPS) is 15.9. The van der Waals surface area contributed by atoms with Gasteiger partial charge in [-0.3, -0.25) is 9.69 Å². The molecule has 0 bridgehead atoms. The molecule has 1 aliphatic heterocycles. The van der Waals surface area contributed by atoms with Gasteiger partial charge in [-0.15, -0.1) is 0 Å². The summed E-state index contributed by atoms with van der Waals surface area (Å²) in [5, 5.41) is 3.08. The van der Waals surface area contributed by atoms with Gasteiger partial charge in [0.15, 0.2) is 0 Å². The van der Waals surface area contributed by atoms with Crippen LogP contribution in [0.1, 0.15) is 34.6 Å². The minimum Gasteiger partial charge on any atom is -0.496 e. The summed E-state index contributed by atoms with van der Waals surface area (Å²) in [7, 11) is 1.64. The number of carbonyl (C=O) groups excluding carboxylic acids is 1. The molecule has 1 aliphatic rings. The first kappa shape index (κ1) is 17.5. The van der Waals surface area contributed by atoms with E-state index in [0.717, 1.165) is 56.2 Å². The first-order chi connectivity index (χ1) is 12.2. The summed E-state index contributed by atoms with van der Waals surface area (Å²) in [6.45, 7) is 5.64. The number of amides is 1. The molecule has 6 nitrogen and oxygen atoms in total. The second-order valence-electron chi connectivity index (χ2n) is 6.65. The van der Waals surface area contributed by atoms with Crippen molar-refractivity contribution in [2.24, 2.45) is 5.92 Å². The van der Waals surface area contributed by atoms with Gasteiger partial charge >= 0.3 is 0 Å². The molecule has 1 fully saturated rings. The van der Waals surface area contributed by atoms with Gasteiger partial charge in [-0.1, -0.05) is 0 Å². The number of imidazole rings is 1. The number of carbonyl (C=O) groups is 1. The molecule has 0 aliphatic carbocycles. The molecule has 1 amide bonds. The number of benzene rings is 1. The second kappa shape index (κ2) is 8.16. The van der Waals surface area contributed by atoms with Crippen molar-refractivity contribution in [3.8, 4) is 5.75 Å². The van der Waals surface area contributed by atoms with Crippen molar-refractivity contribution >= 4 is 5.91 Å². The molecule has 2 N–H and O–H groups in total. The molecule has 0 atom stereocenters. The summed E-state index contributed by atoms with van der Waals surface area (Å²) in [5.74, 6) is 2.35. The summed E-state index contributed by atoms with van der Waals surface area (Å²) < 4.78 is 5.24. The number of rotatable bonds is 6. The Morgan fingerprint density at radius 3 is 2.84 bits per heavy atom. The fraction of sp³-hybridized carbons (Fsp3) is 0.474. The highest BCUT2D eigenvalue weighted by molar-refractivity contribution is 5.94. The molecular weight excluding hydrogens is 316 g/mol. The standard InChI is InChI=1S/C19H26N4O2/c1-14-11-16(3-4-17(14)25-2)19(24)22-12-15-5-9-23(10-6-15)13-18-20-7-8-21-18/h3-4,7-8,11,15H,5-6,9-10,12-13H2,1-2H3,(H,20,21)(H,22,24). The van der Waals surface area contributed by atoms with Gasteiger partial charge in [0.1, 0.15) is 11.6 Å². The third kappa shape index (κ3) is 4.60. The van der Waals surface area contributed by atoms with E-state index in [9.17, 15) is 4.79 Å². The number of nitrogens with one attached hydrogen (secondary N) is 2. The number of likely N-dealkylation sites (tertiary alicyclic amines) is 1. The highest BCUT2D eigenvalue weighted by atomic mass is 16.5. The Bertz CT molecular complexity index is 691. The molecule has 3 rings (SSSR count). The number of hydrogen-bond donors (Lipinski definition) is 2. The third-order valence-electron chi connectivity index (χ3n) is 4.84. The molecule has 25 heavy (non-hydrogen) atoms. The summed E-state index contributed by atoms with van der Waals surface area (Å²) >= 11 is 0. The second-order valence-corrected chi connectivity index (χ2v) is 6.65. The van der Waals surface area contributed by atoms with E-state index in [0.29, 0.717) is 11.5 Å². The fourth-order valence-corrected chi connectivity index (χ4v) is 3.30. The van der Waals surface area contributed by atoms with E-state index >= 15 is 0 Å². The van der Waals surface area contributed by atoms with Crippen LogP contribution in [0.2, 0.25) is 0 Å². The number of H-pyrrole nitrogens is 1. The number of piperidine rings is 1.